The summed E-state index contributed by atoms with van der Waals surface area (Å²) in [6.45, 7) is 1.86. The highest BCUT2D eigenvalue weighted by atomic mass is 32.2. The minimum Gasteiger partial charge on any atom is -0.487 e. The fraction of sp³-hybridized carbons (Fsp3) is 0.381. The number of fused-ring (bicyclic) bond motifs is 1. The first-order valence-corrected chi connectivity index (χ1v) is 10.9. The number of ether oxygens (including phenoxy) is 1. The lowest BCUT2D eigenvalue weighted by molar-refractivity contribution is -0.0179. The molecule has 0 aromatic heterocycles. The summed E-state index contributed by atoms with van der Waals surface area (Å²) in [6, 6.07) is 15.3. The number of rotatable bonds is 3. The third-order valence-electron chi connectivity index (χ3n) is 5.69. The van der Waals surface area contributed by atoms with E-state index in [9.17, 15) is 8.42 Å². The summed E-state index contributed by atoms with van der Waals surface area (Å²) in [7, 11) is -1.63. The van der Waals surface area contributed by atoms with E-state index in [1.165, 1.54) is 24.3 Å². The van der Waals surface area contributed by atoms with Crippen LogP contribution in [0.5, 0.6) is 5.75 Å². The smallest absolute Gasteiger partial charge is 0.241 e. The average molecular weight is 398 g/mol. The molecule has 0 bridgehead atoms. The zero-order chi connectivity index (χ0) is 19.8. The first kappa shape index (κ1) is 18.9. The Kier molecular flexibility index (Phi) is 4.88. The Balaban J connectivity index is 1.64. The number of piperidine rings is 1. The molecule has 0 amide bonds. The molecule has 4 rings (SSSR count). The second kappa shape index (κ2) is 7.21. The Labute approximate surface area is 165 Å². The van der Waals surface area contributed by atoms with Crippen molar-refractivity contribution in [3.05, 3.63) is 59.7 Å². The first-order chi connectivity index (χ1) is 13.4. The number of benzene rings is 2. The lowest BCUT2D eigenvalue weighted by atomic mass is 9.81. The Hall–Kier alpha value is -2.40. The van der Waals surface area contributed by atoms with Crippen molar-refractivity contribution in [3.8, 4) is 11.8 Å². The van der Waals surface area contributed by atoms with Gasteiger partial charge in [0.15, 0.2) is 0 Å². The van der Waals surface area contributed by atoms with Crippen molar-refractivity contribution >= 4 is 10.0 Å². The molecule has 0 aliphatic carbocycles. The van der Waals surface area contributed by atoms with Gasteiger partial charge in [-0.2, -0.15) is 5.26 Å². The normalized spacial score (nSPS) is 21.5. The van der Waals surface area contributed by atoms with Crippen LogP contribution in [0.25, 0.3) is 0 Å². The van der Waals surface area contributed by atoms with Crippen LogP contribution in [0.3, 0.4) is 0 Å². The molecule has 1 N–H and O–H groups in total. The predicted molar refractivity (Wildman–Crippen MR) is 105 cm³/mol. The Morgan fingerprint density at radius 1 is 1.14 bits per heavy atom. The maximum atomic E-state index is 13.0. The van der Waals surface area contributed by atoms with Crippen LogP contribution in [-0.2, 0) is 10.0 Å². The van der Waals surface area contributed by atoms with E-state index in [1.54, 1.807) is 0 Å². The van der Waals surface area contributed by atoms with Gasteiger partial charge in [0.1, 0.15) is 11.4 Å². The standard InChI is InChI=1S/C21H23N3O3S/c1-24-12-10-21(11-13-24)14-19(18-4-2-3-5-20(18)27-21)23-28(25,26)17-8-6-16(15-22)7-9-17/h2-9,19,23H,10-14H2,1H3/t19-/m0/s1. The van der Waals surface area contributed by atoms with Crippen molar-refractivity contribution in [2.45, 2.75) is 35.8 Å². The van der Waals surface area contributed by atoms with E-state index in [0.29, 0.717) is 12.0 Å². The molecule has 1 spiro atoms. The Morgan fingerprint density at radius 2 is 1.82 bits per heavy atom. The van der Waals surface area contributed by atoms with Gasteiger partial charge in [0, 0.05) is 25.1 Å². The van der Waals surface area contributed by atoms with Gasteiger partial charge in [-0.25, -0.2) is 13.1 Å². The molecule has 1 atom stereocenters. The molecule has 2 aromatic carbocycles. The summed E-state index contributed by atoms with van der Waals surface area (Å²) >= 11 is 0. The molecule has 2 aliphatic rings. The number of nitrogens with one attached hydrogen (secondary N) is 1. The van der Waals surface area contributed by atoms with E-state index >= 15 is 0 Å². The van der Waals surface area contributed by atoms with E-state index in [4.69, 9.17) is 10.00 Å². The van der Waals surface area contributed by atoms with Crippen LogP contribution >= 0.6 is 0 Å². The van der Waals surface area contributed by atoms with Crippen molar-refractivity contribution in [1.29, 1.82) is 5.26 Å². The van der Waals surface area contributed by atoms with Crippen molar-refractivity contribution < 1.29 is 13.2 Å². The summed E-state index contributed by atoms with van der Waals surface area (Å²) in [5, 5.41) is 8.93. The minimum absolute atomic E-state index is 0.160. The zero-order valence-corrected chi connectivity index (χ0v) is 16.6. The lowest BCUT2D eigenvalue weighted by Gasteiger charge is -2.46. The fourth-order valence-corrected chi connectivity index (χ4v) is 5.23. The zero-order valence-electron chi connectivity index (χ0n) is 15.8. The summed E-state index contributed by atoms with van der Waals surface area (Å²) in [5.74, 6) is 0.755. The second-order valence-electron chi connectivity index (χ2n) is 7.64. The lowest BCUT2D eigenvalue weighted by Crippen LogP contribution is -2.51. The Morgan fingerprint density at radius 3 is 2.50 bits per heavy atom. The van der Waals surface area contributed by atoms with Crippen LogP contribution in [0.4, 0.5) is 0 Å². The molecule has 6 nitrogen and oxygen atoms in total. The Bertz CT molecular complexity index is 1000. The molecule has 7 heteroatoms. The van der Waals surface area contributed by atoms with Crippen molar-refractivity contribution in [2.75, 3.05) is 20.1 Å². The third kappa shape index (κ3) is 3.63. The minimum atomic E-state index is -3.72. The molecule has 0 radical (unpaired) electrons. The number of hydrogen-bond acceptors (Lipinski definition) is 5. The van der Waals surface area contributed by atoms with Gasteiger partial charge >= 0.3 is 0 Å². The van der Waals surface area contributed by atoms with Gasteiger partial charge in [-0.1, -0.05) is 18.2 Å². The SMILES string of the molecule is CN1CCC2(CC1)C[C@H](NS(=O)(=O)c1ccc(C#N)cc1)c1ccccc1O2. The molecule has 1 fully saturated rings. The van der Waals surface area contributed by atoms with E-state index in [2.05, 4.69) is 16.7 Å². The van der Waals surface area contributed by atoms with Gasteiger partial charge in [-0.15, -0.1) is 0 Å². The molecular weight excluding hydrogens is 374 g/mol. The van der Waals surface area contributed by atoms with Gasteiger partial charge in [-0.05, 0) is 50.2 Å². The number of nitriles is 1. The van der Waals surface area contributed by atoms with Gasteiger partial charge in [0.25, 0.3) is 0 Å². The molecule has 0 unspecified atom stereocenters. The topological polar surface area (TPSA) is 82.4 Å². The van der Waals surface area contributed by atoms with Crippen LogP contribution in [0.1, 0.15) is 36.4 Å². The van der Waals surface area contributed by atoms with E-state index in [-0.39, 0.29) is 16.5 Å². The van der Waals surface area contributed by atoms with E-state index in [1.807, 2.05) is 30.3 Å². The molecule has 2 aliphatic heterocycles. The van der Waals surface area contributed by atoms with Crippen molar-refractivity contribution in [1.82, 2.24) is 9.62 Å². The first-order valence-electron chi connectivity index (χ1n) is 9.40. The van der Waals surface area contributed by atoms with Gasteiger partial charge in [-0.3, -0.25) is 0 Å². The maximum absolute atomic E-state index is 13.0. The fourth-order valence-electron chi connectivity index (χ4n) is 4.02. The maximum Gasteiger partial charge on any atom is 0.241 e. The summed E-state index contributed by atoms with van der Waals surface area (Å²) < 4.78 is 35.3. The third-order valence-corrected chi connectivity index (χ3v) is 7.17. The molecule has 28 heavy (non-hydrogen) atoms. The van der Waals surface area contributed by atoms with Gasteiger partial charge in [0.05, 0.1) is 22.6 Å². The van der Waals surface area contributed by atoms with Gasteiger partial charge in [0.2, 0.25) is 10.0 Å². The molecular formula is C21H23N3O3S. The number of nitrogens with zero attached hydrogens (tertiary/aromatic N) is 2. The van der Waals surface area contributed by atoms with Crippen molar-refractivity contribution in [3.63, 3.8) is 0 Å². The van der Waals surface area contributed by atoms with Crippen LogP contribution in [0.2, 0.25) is 0 Å². The van der Waals surface area contributed by atoms with Crippen LogP contribution < -0.4 is 9.46 Å². The van der Waals surface area contributed by atoms with Crippen LogP contribution in [0.15, 0.2) is 53.4 Å². The van der Waals surface area contributed by atoms with Crippen molar-refractivity contribution in [2.24, 2.45) is 0 Å². The quantitative estimate of drug-likeness (QED) is 0.861. The molecule has 146 valence electrons. The largest absolute Gasteiger partial charge is 0.487 e. The molecule has 2 aromatic rings. The predicted octanol–water partition coefficient (Wildman–Crippen LogP) is 2.82. The van der Waals surface area contributed by atoms with E-state index < -0.39 is 10.0 Å². The molecule has 2 heterocycles. The highest BCUT2D eigenvalue weighted by Crippen LogP contribution is 2.44. The second-order valence-corrected chi connectivity index (χ2v) is 9.35. The van der Waals surface area contributed by atoms with E-state index in [0.717, 1.165) is 37.2 Å². The van der Waals surface area contributed by atoms with Crippen LogP contribution in [0, 0.1) is 11.3 Å². The van der Waals surface area contributed by atoms with Gasteiger partial charge < -0.3 is 9.64 Å². The highest BCUT2D eigenvalue weighted by Gasteiger charge is 2.43. The summed E-state index contributed by atoms with van der Waals surface area (Å²) in [6.07, 6.45) is 2.34. The monoisotopic (exact) mass is 397 g/mol. The summed E-state index contributed by atoms with van der Waals surface area (Å²) in [5.41, 5.74) is 0.948. The highest BCUT2D eigenvalue weighted by molar-refractivity contribution is 7.89. The average Bonchev–Trinajstić information content (AvgIpc) is 2.70. The van der Waals surface area contributed by atoms with Crippen LogP contribution in [-0.4, -0.2) is 39.1 Å². The number of sulfonamides is 1. The number of likely N-dealkylation sites (tertiary alicyclic amines) is 1. The summed E-state index contributed by atoms with van der Waals surface area (Å²) in [4.78, 5) is 2.43. The number of para-hydroxylation sites is 1. The number of hydrogen-bond donors (Lipinski definition) is 1. The molecule has 1 saturated heterocycles. The molecule has 0 saturated carbocycles.